The molecule has 0 radical (unpaired) electrons. The van der Waals surface area contributed by atoms with Gasteiger partial charge in [0.2, 0.25) is 0 Å². The molecule has 2 aromatic rings. The second kappa shape index (κ2) is 7.26. The first kappa shape index (κ1) is 14.8. The predicted octanol–water partition coefficient (Wildman–Crippen LogP) is 3.03. The maximum atomic E-state index is 12.1. The second-order valence-corrected chi connectivity index (χ2v) is 5.70. The summed E-state index contributed by atoms with van der Waals surface area (Å²) >= 11 is 1.45. The molecule has 0 fully saturated rings. The van der Waals surface area contributed by atoms with Crippen molar-refractivity contribution in [1.29, 1.82) is 0 Å². The van der Waals surface area contributed by atoms with Gasteiger partial charge in [-0.1, -0.05) is 18.2 Å². The lowest BCUT2D eigenvalue weighted by atomic mass is 10.2. The van der Waals surface area contributed by atoms with E-state index in [1.165, 1.54) is 11.3 Å². The number of carbonyl (C=O) groups excluding carboxylic acids is 1. The van der Waals surface area contributed by atoms with Gasteiger partial charge in [-0.2, -0.15) is 0 Å². The Hall–Kier alpha value is -1.59. The number of rotatable bonds is 7. The van der Waals surface area contributed by atoms with Crippen molar-refractivity contribution in [2.75, 3.05) is 26.0 Å². The lowest BCUT2D eigenvalue weighted by Crippen LogP contribution is -2.24. The number of ether oxygens (including phenoxy) is 1. The number of fused-ring (bicyclic) bond motifs is 1. The molecule has 0 atom stereocenters. The fourth-order valence-electron chi connectivity index (χ4n) is 2.06. The van der Waals surface area contributed by atoms with Crippen molar-refractivity contribution < 1.29 is 9.53 Å². The summed E-state index contributed by atoms with van der Waals surface area (Å²) in [6.45, 7) is 1.45. The van der Waals surface area contributed by atoms with Crippen molar-refractivity contribution in [2.45, 2.75) is 19.3 Å². The van der Waals surface area contributed by atoms with E-state index >= 15 is 0 Å². The number of methoxy groups -OCH3 is 1. The molecule has 0 aliphatic rings. The van der Waals surface area contributed by atoms with Gasteiger partial charge in [-0.05, 0) is 25.3 Å². The monoisotopic (exact) mass is 292 g/mol. The Labute approximate surface area is 122 Å². The number of unbranched alkanes of at least 4 members (excludes halogenated alkanes) is 2. The molecule has 0 spiro atoms. The van der Waals surface area contributed by atoms with E-state index in [-0.39, 0.29) is 5.91 Å². The van der Waals surface area contributed by atoms with Gasteiger partial charge in [0.15, 0.2) is 0 Å². The molecule has 1 amide bonds. The van der Waals surface area contributed by atoms with E-state index < -0.39 is 0 Å². The Bertz CT molecular complexity index is 580. The van der Waals surface area contributed by atoms with Crippen LogP contribution in [0.2, 0.25) is 0 Å². The molecule has 2 rings (SSSR count). The summed E-state index contributed by atoms with van der Waals surface area (Å²) in [6.07, 6.45) is 3.04. The summed E-state index contributed by atoms with van der Waals surface area (Å²) in [5.41, 5.74) is 6.63. The first-order valence-corrected chi connectivity index (χ1v) is 7.60. The summed E-state index contributed by atoms with van der Waals surface area (Å²) in [5, 5.41) is 3.89. The highest BCUT2D eigenvalue weighted by molar-refractivity contribution is 7.21. The van der Waals surface area contributed by atoms with Crippen LogP contribution in [0.15, 0.2) is 24.3 Å². The standard InChI is InChI=1S/C15H20N2O2S/c1-19-10-6-2-5-9-17-15(18)14-13(16)11-7-3-4-8-12(11)20-14/h3-4,7-8H,2,5-6,9-10,16H2,1H3,(H,17,18). The summed E-state index contributed by atoms with van der Waals surface area (Å²) in [7, 11) is 1.70. The number of nitrogens with two attached hydrogens (primary N) is 1. The molecule has 1 aromatic heterocycles. The first-order chi connectivity index (χ1) is 9.74. The third-order valence-corrected chi connectivity index (χ3v) is 4.34. The fraction of sp³-hybridized carbons (Fsp3) is 0.400. The highest BCUT2D eigenvalue weighted by atomic mass is 32.1. The lowest BCUT2D eigenvalue weighted by molar-refractivity contribution is 0.0957. The molecule has 1 heterocycles. The van der Waals surface area contributed by atoms with Gasteiger partial charge in [0.1, 0.15) is 4.88 Å². The van der Waals surface area contributed by atoms with Crippen molar-refractivity contribution in [1.82, 2.24) is 5.32 Å². The highest BCUT2D eigenvalue weighted by Crippen LogP contribution is 2.33. The first-order valence-electron chi connectivity index (χ1n) is 6.78. The van der Waals surface area contributed by atoms with Gasteiger partial charge < -0.3 is 15.8 Å². The zero-order valence-electron chi connectivity index (χ0n) is 11.6. The van der Waals surface area contributed by atoms with Crippen molar-refractivity contribution in [3.8, 4) is 0 Å². The average Bonchev–Trinajstić information content (AvgIpc) is 2.80. The molecule has 3 N–H and O–H groups in total. The molecule has 0 bridgehead atoms. The minimum absolute atomic E-state index is 0.0737. The summed E-state index contributed by atoms with van der Waals surface area (Å²) in [5.74, 6) is -0.0737. The summed E-state index contributed by atoms with van der Waals surface area (Å²) < 4.78 is 6.04. The van der Waals surface area contributed by atoms with E-state index in [1.54, 1.807) is 7.11 Å². The maximum absolute atomic E-state index is 12.1. The van der Waals surface area contributed by atoms with Gasteiger partial charge in [-0.25, -0.2) is 0 Å². The average molecular weight is 292 g/mol. The van der Waals surface area contributed by atoms with Crippen LogP contribution in [0.1, 0.15) is 28.9 Å². The molecule has 5 heteroatoms. The van der Waals surface area contributed by atoms with E-state index in [9.17, 15) is 4.79 Å². The van der Waals surface area contributed by atoms with Gasteiger partial charge in [0, 0.05) is 30.3 Å². The van der Waals surface area contributed by atoms with E-state index in [4.69, 9.17) is 10.5 Å². The maximum Gasteiger partial charge on any atom is 0.263 e. The quantitative estimate of drug-likeness (QED) is 0.771. The van der Waals surface area contributed by atoms with Crippen LogP contribution in [-0.2, 0) is 4.74 Å². The van der Waals surface area contributed by atoms with Crippen LogP contribution in [-0.4, -0.2) is 26.2 Å². The topological polar surface area (TPSA) is 64.3 Å². The molecule has 0 saturated heterocycles. The van der Waals surface area contributed by atoms with Crippen LogP contribution in [0.3, 0.4) is 0 Å². The third-order valence-electron chi connectivity index (χ3n) is 3.15. The van der Waals surface area contributed by atoms with Gasteiger partial charge in [-0.15, -0.1) is 11.3 Å². The second-order valence-electron chi connectivity index (χ2n) is 4.65. The largest absolute Gasteiger partial charge is 0.397 e. The zero-order valence-corrected chi connectivity index (χ0v) is 12.5. The van der Waals surface area contributed by atoms with E-state index in [2.05, 4.69) is 5.32 Å². The molecule has 1 aromatic carbocycles. The van der Waals surface area contributed by atoms with Crippen molar-refractivity contribution >= 4 is 33.0 Å². The molecule has 4 nitrogen and oxygen atoms in total. The van der Waals surface area contributed by atoms with Crippen molar-refractivity contribution in [3.63, 3.8) is 0 Å². The van der Waals surface area contributed by atoms with Gasteiger partial charge in [0.05, 0.1) is 5.69 Å². The van der Waals surface area contributed by atoms with Crippen molar-refractivity contribution in [3.05, 3.63) is 29.1 Å². The minimum atomic E-state index is -0.0737. The number of thiophene rings is 1. The Balaban J connectivity index is 1.89. The highest BCUT2D eigenvalue weighted by Gasteiger charge is 2.15. The Kier molecular flexibility index (Phi) is 5.38. The van der Waals surface area contributed by atoms with E-state index in [0.717, 1.165) is 36.0 Å². The van der Waals surface area contributed by atoms with Crippen LogP contribution < -0.4 is 11.1 Å². The number of nitrogen functional groups attached to an aromatic ring is 1. The van der Waals surface area contributed by atoms with Crippen LogP contribution in [0.5, 0.6) is 0 Å². The number of amides is 1. The van der Waals surface area contributed by atoms with Gasteiger partial charge >= 0.3 is 0 Å². The normalized spacial score (nSPS) is 10.8. The number of carbonyl (C=O) groups is 1. The van der Waals surface area contributed by atoms with Crippen LogP contribution in [0, 0.1) is 0 Å². The number of hydrogen-bond acceptors (Lipinski definition) is 4. The van der Waals surface area contributed by atoms with Crippen LogP contribution >= 0.6 is 11.3 Å². The summed E-state index contributed by atoms with van der Waals surface area (Å²) in [4.78, 5) is 12.7. The zero-order chi connectivity index (χ0) is 14.4. The molecule has 20 heavy (non-hydrogen) atoms. The molecule has 108 valence electrons. The molecule has 0 aliphatic heterocycles. The molecule has 0 unspecified atom stereocenters. The molecular formula is C15H20N2O2S. The number of nitrogens with one attached hydrogen (secondary N) is 1. The van der Waals surface area contributed by atoms with Crippen LogP contribution in [0.25, 0.3) is 10.1 Å². The predicted molar refractivity (Wildman–Crippen MR) is 84.3 cm³/mol. The van der Waals surface area contributed by atoms with E-state index in [0.29, 0.717) is 17.1 Å². The molecule has 0 aliphatic carbocycles. The Morgan fingerprint density at radius 1 is 1.30 bits per heavy atom. The molecular weight excluding hydrogens is 272 g/mol. The SMILES string of the molecule is COCCCCCNC(=O)c1sc2ccccc2c1N. The van der Waals surface area contributed by atoms with Gasteiger partial charge in [-0.3, -0.25) is 4.79 Å². The number of hydrogen-bond donors (Lipinski definition) is 2. The fourth-order valence-corrected chi connectivity index (χ4v) is 3.10. The lowest BCUT2D eigenvalue weighted by Gasteiger charge is -2.04. The third kappa shape index (κ3) is 3.49. The number of anilines is 1. The molecule has 0 saturated carbocycles. The number of benzene rings is 1. The Morgan fingerprint density at radius 2 is 2.10 bits per heavy atom. The van der Waals surface area contributed by atoms with Gasteiger partial charge in [0.25, 0.3) is 5.91 Å². The Morgan fingerprint density at radius 3 is 2.85 bits per heavy atom. The minimum Gasteiger partial charge on any atom is -0.397 e. The smallest absolute Gasteiger partial charge is 0.263 e. The van der Waals surface area contributed by atoms with E-state index in [1.807, 2.05) is 24.3 Å². The summed E-state index contributed by atoms with van der Waals surface area (Å²) in [6, 6.07) is 7.82. The van der Waals surface area contributed by atoms with Crippen molar-refractivity contribution in [2.24, 2.45) is 0 Å². The van der Waals surface area contributed by atoms with Crippen LogP contribution in [0.4, 0.5) is 5.69 Å².